The summed E-state index contributed by atoms with van der Waals surface area (Å²) in [7, 11) is 0. The minimum atomic E-state index is 0. The van der Waals surface area contributed by atoms with Gasteiger partial charge in [-0.3, -0.25) is 0 Å². The van der Waals surface area contributed by atoms with Crippen molar-refractivity contribution in [3.05, 3.63) is 13.8 Å². The van der Waals surface area contributed by atoms with E-state index in [0.29, 0.717) is 0 Å². The summed E-state index contributed by atoms with van der Waals surface area (Å²) in [6.45, 7) is 11.9. The monoisotopic (exact) mass is 168 g/mol. The minimum absolute atomic E-state index is 0. The maximum atomic E-state index is 7.57. The molecule has 0 rings (SSSR count). The maximum Gasteiger partial charge on any atom is 2.00 e. The molecule has 0 heterocycles. The molecule has 0 bridgehead atoms. The zero-order chi connectivity index (χ0) is 6.71. The van der Waals surface area contributed by atoms with Gasteiger partial charge in [0.05, 0.1) is 0 Å². The summed E-state index contributed by atoms with van der Waals surface area (Å²) in [6.07, 6.45) is 0. The van der Waals surface area contributed by atoms with Crippen LogP contribution >= 0.6 is 0 Å². The number of hydrogen-bond acceptors (Lipinski definition) is 1. The first kappa shape index (κ1) is 23.5. The van der Waals surface area contributed by atoms with Crippen LogP contribution in [0.1, 0.15) is 20.8 Å². The predicted octanol–water partition coefficient (Wildman–Crippen LogP) is 1.68. The molecule has 0 radical (unpaired) electrons. The average molecular weight is 170 g/mol. The molecular formula is C6H16OZn. The summed E-state index contributed by atoms with van der Waals surface area (Å²) < 4.78 is 0. The van der Waals surface area contributed by atoms with Crippen LogP contribution in [0.15, 0.2) is 0 Å². The number of rotatable bonds is 0. The van der Waals surface area contributed by atoms with Gasteiger partial charge < -0.3 is 19.0 Å². The van der Waals surface area contributed by atoms with Crippen LogP contribution in [0.5, 0.6) is 0 Å². The molecular weight excluding hydrogens is 153 g/mol. The Morgan fingerprint density at radius 2 is 1.12 bits per heavy atom. The van der Waals surface area contributed by atoms with Crippen molar-refractivity contribution in [2.45, 2.75) is 20.8 Å². The van der Waals surface area contributed by atoms with Gasteiger partial charge in [-0.05, 0) is 6.92 Å². The van der Waals surface area contributed by atoms with Gasteiger partial charge >= 0.3 is 19.5 Å². The quantitative estimate of drug-likeness (QED) is 0.432. The van der Waals surface area contributed by atoms with E-state index < -0.39 is 0 Å². The van der Waals surface area contributed by atoms with Gasteiger partial charge in [0.1, 0.15) is 0 Å². The summed E-state index contributed by atoms with van der Waals surface area (Å²) in [6, 6.07) is 0. The second kappa shape index (κ2) is 131. The van der Waals surface area contributed by atoms with Crippen LogP contribution in [0.3, 0.4) is 0 Å². The Hall–Kier alpha value is 0.583. The minimum Gasteiger partial charge on any atom is -0.397 e. The third kappa shape index (κ3) is 603. The van der Waals surface area contributed by atoms with Gasteiger partial charge in [0.15, 0.2) is 0 Å². The summed E-state index contributed by atoms with van der Waals surface area (Å²) >= 11 is 0. The summed E-state index contributed by atoms with van der Waals surface area (Å²) in [5.74, 6) is 0. The number of aliphatic hydroxyl groups excluding tert-OH is 1. The molecule has 0 aromatic carbocycles. The molecule has 1 nitrogen and oxygen atoms in total. The fourth-order valence-corrected chi connectivity index (χ4v) is 0. The molecule has 0 amide bonds. The molecule has 8 heavy (non-hydrogen) atoms. The largest absolute Gasteiger partial charge is 2.00 e. The number of hydrogen-bond donors (Lipinski definition) is 1. The summed E-state index contributed by atoms with van der Waals surface area (Å²) in [5.41, 5.74) is 0. The molecule has 0 saturated heterocycles. The van der Waals surface area contributed by atoms with E-state index in [4.69, 9.17) is 5.11 Å². The second-order valence-corrected chi connectivity index (χ2v) is 0.316. The molecule has 48 valence electrons. The molecule has 0 aliphatic heterocycles. The van der Waals surface area contributed by atoms with Crippen LogP contribution < -0.4 is 0 Å². The fourth-order valence-electron chi connectivity index (χ4n) is 0. The summed E-state index contributed by atoms with van der Waals surface area (Å²) in [5, 5.41) is 7.57. The van der Waals surface area contributed by atoms with E-state index in [1.165, 1.54) is 0 Å². The van der Waals surface area contributed by atoms with Gasteiger partial charge in [-0.25, -0.2) is 0 Å². The van der Waals surface area contributed by atoms with Crippen molar-refractivity contribution in [3.8, 4) is 0 Å². The van der Waals surface area contributed by atoms with Crippen LogP contribution in [0.4, 0.5) is 0 Å². The average Bonchev–Trinajstić information content (AvgIpc) is 1.78. The molecule has 0 aliphatic carbocycles. The first-order valence-electron chi connectivity index (χ1n) is 2.44. The van der Waals surface area contributed by atoms with Gasteiger partial charge in [0.2, 0.25) is 0 Å². The first-order chi connectivity index (χ1) is 3.41. The molecule has 2 heteroatoms. The van der Waals surface area contributed by atoms with Crippen LogP contribution in [0.25, 0.3) is 0 Å². The topological polar surface area (TPSA) is 20.2 Å². The Kier molecular flexibility index (Phi) is 385. The van der Waals surface area contributed by atoms with E-state index in [0.717, 1.165) is 0 Å². The van der Waals surface area contributed by atoms with Crippen molar-refractivity contribution in [2.75, 3.05) is 6.61 Å². The second-order valence-electron chi connectivity index (χ2n) is 0.316. The fraction of sp³-hybridized carbons (Fsp3) is 0.667. The van der Waals surface area contributed by atoms with Crippen molar-refractivity contribution in [2.24, 2.45) is 0 Å². The Bertz CT molecular complexity index is 8.49. The molecule has 0 unspecified atom stereocenters. The van der Waals surface area contributed by atoms with E-state index in [-0.39, 0.29) is 26.1 Å². The standard InChI is InChI=1S/C2H6O.2C2H5.Zn/c1-2-3;2*1-2;/h3H,2H2,1H3;2*1H2,2H3;/q;2*-1;+2. The molecule has 0 saturated carbocycles. The van der Waals surface area contributed by atoms with Crippen molar-refractivity contribution in [1.82, 2.24) is 0 Å². The van der Waals surface area contributed by atoms with E-state index in [1.807, 2.05) is 0 Å². The van der Waals surface area contributed by atoms with E-state index >= 15 is 0 Å². The molecule has 0 spiro atoms. The number of aliphatic hydroxyl groups is 1. The molecule has 0 aromatic rings. The van der Waals surface area contributed by atoms with Crippen molar-refractivity contribution in [1.29, 1.82) is 0 Å². The van der Waals surface area contributed by atoms with E-state index in [1.54, 1.807) is 20.8 Å². The predicted molar refractivity (Wildman–Crippen MR) is 34.8 cm³/mol. The van der Waals surface area contributed by atoms with E-state index in [2.05, 4.69) is 13.8 Å². The molecule has 1 N–H and O–H groups in total. The Balaban J connectivity index is -0.0000000147. The van der Waals surface area contributed by atoms with Crippen molar-refractivity contribution >= 4 is 0 Å². The maximum absolute atomic E-state index is 7.57. The van der Waals surface area contributed by atoms with Crippen LogP contribution in [0, 0.1) is 13.8 Å². The Labute approximate surface area is 66.3 Å². The molecule has 0 atom stereocenters. The molecule has 0 aromatic heterocycles. The van der Waals surface area contributed by atoms with Crippen molar-refractivity contribution < 1.29 is 24.6 Å². The third-order valence-electron chi connectivity index (χ3n) is 0. The SMILES string of the molecule is CCO.[CH2-]C.[CH2-]C.[Zn+2]. The smallest absolute Gasteiger partial charge is 0.397 e. The first-order valence-corrected chi connectivity index (χ1v) is 2.44. The Morgan fingerprint density at radius 3 is 1.12 bits per heavy atom. The summed E-state index contributed by atoms with van der Waals surface area (Å²) in [4.78, 5) is 0. The molecule has 0 aliphatic rings. The Morgan fingerprint density at radius 1 is 1.12 bits per heavy atom. The van der Waals surface area contributed by atoms with Crippen LogP contribution in [0.2, 0.25) is 0 Å². The zero-order valence-corrected chi connectivity index (χ0v) is 9.24. The van der Waals surface area contributed by atoms with Crippen molar-refractivity contribution in [3.63, 3.8) is 0 Å². The van der Waals surface area contributed by atoms with Gasteiger partial charge in [-0.2, -0.15) is 13.8 Å². The van der Waals surface area contributed by atoms with Crippen LogP contribution in [-0.2, 0) is 19.5 Å². The zero-order valence-electron chi connectivity index (χ0n) is 6.28. The van der Waals surface area contributed by atoms with E-state index in [9.17, 15) is 0 Å². The molecule has 0 fully saturated rings. The van der Waals surface area contributed by atoms with Gasteiger partial charge in [-0.1, -0.05) is 0 Å². The third-order valence-corrected chi connectivity index (χ3v) is 0. The van der Waals surface area contributed by atoms with Gasteiger partial charge in [-0.15, -0.1) is 0 Å². The normalized spacial score (nSPS) is 3.75. The van der Waals surface area contributed by atoms with Crippen LogP contribution in [-0.4, -0.2) is 11.7 Å². The van der Waals surface area contributed by atoms with Gasteiger partial charge in [0, 0.05) is 6.61 Å². The van der Waals surface area contributed by atoms with Gasteiger partial charge in [0.25, 0.3) is 0 Å².